The average Bonchev–Trinajstić information content (AvgIpc) is 2.96. The second-order valence-corrected chi connectivity index (χ2v) is 6.24. The van der Waals surface area contributed by atoms with Crippen molar-refractivity contribution in [2.24, 2.45) is 0 Å². The van der Waals surface area contributed by atoms with E-state index in [2.05, 4.69) is 15.4 Å². The van der Waals surface area contributed by atoms with Crippen molar-refractivity contribution in [3.05, 3.63) is 63.8 Å². The van der Waals surface area contributed by atoms with Gasteiger partial charge >= 0.3 is 0 Å². The van der Waals surface area contributed by atoms with Crippen LogP contribution in [-0.2, 0) is 11.3 Å². The number of methoxy groups -OCH3 is 1. The fourth-order valence-corrected chi connectivity index (χ4v) is 2.77. The molecule has 1 amide bonds. The number of ether oxygens (including phenoxy) is 1. The van der Waals surface area contributed by atoms with Crippen LogP contribution in [0.3, 0.4) is 0 Å². The van der Waals surface area contributed by atoms with Crippen molar-refractivity contribution in [1.82, 2.24) is 19.3 Å². The van der Waals surface area contributed by atoms with Crippen molar-refractivity contribution in [3.63, 3.8) is 0 Å². The number of carbonyl (C=O) groups is 1. The van der Waals surface area contributed by atoms with Crippen LogP contribution >= 0.6 is 0 Å². The van der Waals surface area contributed by atoms with Gasteiger partial charge < -0.3 is 10.1 Å². The third kappa shape index (κ3) is 4.05. The highest BCUT2D eigenvalue weighted by atomic mass is 16.5. The van der Waals surface area contributed by atoms with Crippen LogP contribution in [0.25, 0.3) is 5.95 Å². The smallest absolute Gasteiger partial charge is 0.255 e. The van der Waals surface area contributed by atoms with Gasteiger partial charge in [-0.15, -0.1) is 0 Å². The van der Waals surface area contributed by atoms with Gasteiger partial charge in [-0.3, -0.25) is 14.2 Å². The molecule has 2 aromatic heterocycles. The van der Waals surface area contributed by atoms with E-state index in [1.807, 2.05) is 19.9 Å². The van der Waals surface area contributed by atoms with E-state index >= 15 is 0 Å². The maximum atomic E-state index is 12.5. The van der Waals surface area contributed by atoms with Gasteiger partial charge in [-0.1, -0.05) is 0 Å². The summed E-state index contributed by atoms with van der Waals surface area (Å²) in [5.74, 6) is 0.671. The van der Waals surface area contributed by atoms with Crippen molar-refractivity contribution in [1.29, 1.82) is 0 Å². The fourth-order valence-electron chi connectivity index (χ4n) is 2.77. The quantitative estimate of drug-likeness (QED) is 0.745. The number of rotatable bonds is 5. The van der Waals surface area contributed by atoms with Crippen LogP contribution in [0.15, 0.2) is 41.2 Å². The molecule has 1 aromatic carbocycles. The maximum absolute atomic E-state index is 12.5. The highest BCUT2D eigenvalue weighted by Gasteiger charge is 2.15. The summed E-state index contributed by atoms with van der Waals surface area (Å²) in [5, 5.41) is 7.15. The van der Waals surface area contributed by atoms with E-state index in [-0.39, 0.29) is 18.0 Å². The van der Waals surface area contributed by atoms with Gasteiger partial charge in [-0.2, -0.15) is 5.10 Å². The average molecular weight is 367 g/mol. The number of nitrogens with zero attached hydrogens (tertiary/aromatic N) is 4. The van der Waals surface area contributed by atoms with Crippen LogP contribution in [-0.4, -0.2) is 32.3 Å². The van der Waals surface area contributed by atoms with Gasteiger partial charge in [0.05, 0.1) is 12.8 Å². The van der Waals surface area contributed by atoms with Gasteiger partial charge in [0.25, 0.3) is 5.56 Å². The van der Waals surface area contributed by atoms with Gasteiger partial charge in [0, 0.05) is 23.1 Å². The number of aryl methyl sites for hydroxylation is 3. The van der Waals surface area contributed by atoms with Crippen LogP contribution in [0, 0.1) is 20.8 Å². The molecule has 0 saturated carbocycles. The van der Waals surface area contributed by atoms with Gasteiger partial charge in [0.15, 0.2) is 0 Å². The normalized spacial score (nSPS) is 10.7. The molecule has 0 radical (unpaired) electrons. The van der Waals surface area contributed by atoms with E-state index in [1.165, 1.54) is 10.6 Å². The first-order valence-corrected chi connectivity index (χ1v) is 8.43. The van der Waals surface area contributed by atoms with Crippen LogP contribution in [0.1, 0.15) is 17.1 Å². The number of anilines is 1. The minimum Gasteiger partial charge on any atom is -0.497 e. The standard InChI is InChI=1S/C19H21N5O3/c1-12-10-18(26)23(19(20-12)24-14(3)9-13(2)22-24)11-17(25)21-15-5-7-16(27-4)8-6-15/h5-10H,11H2,1-4H3,(H,21,25). The van der Waals surface area contributed by atoms with Crippen molar-refractivity contribution < 1.29 is 9.53 Å². The summed E-state index contributed by atoms with van der Waals surface area (Å²) in [4.78, 5) is 29.4. The molecule has 0 aliphatic rings. The first kappa shape index (κ1) is 18.4. The van der Waals surface area contributed by atoms with Gasteiger partial charge in [0.2, 0.25) is 11.9 Å². The molecular formula is C19H21N5O3. The molecule has 3 aromatic rings. The molecule has 0 bridgehead atoms. The van der Waals surface area contributed by atoms with Crippen LogP contribution < -0.4 is 15.6 Å². The molecule has 3 rings (SSSR count). The van der Waals surface area contributed by atoms with Gasteiger partial charge in [-0.05, 0) is 51.1 Å². The minimum atomic E-state index is -0.337. The second kappa shape index (κ2) is 7.45. The summed E-state index contributed by atoms with van der Waals surface area (Å²) in [7, 11) is 1.57. The SMILES string of the molecule is COc1ccc(NC(=O)Cn2c(-n3nc(C)cc3C)nc(C)cc2=O)cc1. The van der Waals surface area contributed by atoms with Gasteiger partial charge in [-0.25, -0.2) is 9.67 Å². The Morgan fingerprint density at radius 1 is 1.11 bits per heavy atom. The number of nitrogens with one attached hydrogen (secondary N) is 1. The molecule has 0 aliphatic heterocycles. The monoisotopic (exact) mass is 367 g/mol. The predicted octanol–water partition coefficient (Wildman–Crippen LogP) is 2.00. The number of carbonyl (C=O) groups excluding carboxylic acids is 1. The van der Waals surface area contributed by atoms with Crippen molar-refractivity contribution in [2.45, 2.75) is 27.3 Å². The number of hydrogen-bond donors (Lipinski definition) is 1. The number of aromatic nitrogens is 4. The van der Waals surface area contributed by atoms with Crippen molar-refractivity contribution in [2.75, 3.05) is 12.4 Å². The van der Waals surface area contributed by atoms with Crippen LogP contribution in [0.4, 0.5) is 5.69 Å². The highest BCUT2D eigenvalue weighted by molar-refractivity contribution is 5.90. The van der Waals surface area contributed by atoms with Gasteiger partial charge in [0.1, 0.15) is 12.3 Å². The number of benzene rings is 1. The molecule has 140 valence electrons. The number of amides is 1. The Morgan fingerprint density at radius 3 is 2.41 bits per heavy atom. The molecule has 0 unspecified atom stereocenters. The van der Waals surface area contributed by atoms with E-state index in [0.29, 0.717) is 23.1 Å². The van der Waals surface area contributed by atoms with Crippen LogP contribution in [0.2, 0.25) is 0 Å². The molecule has 0 saturated heterocycles. The Morgan fingerprint density at radius 2 is 1.81 bits per heavy atom. The summed E-state index contributed by atoms with van der Waals surface area (Å²) in [6, 6.07) is 10.2. The van der Waals surface area contributed by atoms with Crippen LogP contribution in [0.5, 0.6) is 5.75 Å². The molecule has 0 atom stereocenters. The fraction of sp³-hybridized carbons (Fsp3) is 0.263. The first-order chi connectivity index (χ1) is 12.9. The molecular weight excluding hydrogens is 346 g/mol. The maximum Gasteiger partial charge on any atom is 0.255 e. The molecule has 8 nitrogen and oxygen atoms in total. The predicted molar refractivity (Wildman–Crippen MR) is 101 cm³/mol. The summed E-state index contributed by atoms with van der Waals surface area (Å²) in [6.07, 6.45) is 0. The summed E-state index contributed by atoms with van der Waals surface area (Å²) in [6.45, 7) is 5.29. The van der Waals surface area contributed by atoms with Crippen molar-refractivity contribution in [3.8, 4) is 11.7 Å². The third-order valence-electron chi connectivity index (χ3n) is 3.99. The van der Waals surface area contributed by atoms with E-state index in [0.717, 1.165) is 11.4 Å². The zero-order chi connectivity index (χ0) is 19.6. The molecule has 0 aliphatic carbocycles. The Kier molecular flexibility index (Phi) is 5.07. The summed E-state index contributed by atoms with van der Waals surface area (Å²) >= 11 is 0. The molecule has 8 heteroatoms. The number of hydrogen-bond acceptors (Lipinski definition) is 5. The molecule has 1 N–H and O–H groups in total. The third-order valence-corrected chi connectivity index (χ3v) is 3.99. The zero-order valence-corrected chi connectivity index (χ0v) is 15.7. The van der Waals surface area contributed by atoms with E-state index in [9.17, 15) is 9.59 Å². The van der Waals surface area contributed by atoms with Crippen molar-refractivity contribution >= 4 is 11.6 Å². The lowest BCUT2D eigenvalue weighted by atomic mass is 10.3. The largest absolute Gasteiger partial charge is 0.497 e. The Hall–Kier alpha value is -3.42. The zero-order valence-electron chi connectivity index (χ0n) is 15.7. The van der Waals surface area contributed by atoms with E-state index in [1.54, 1.807) is 43.0 Å². The lowest BCUT2D eigenvalue weighted by molar-refractivity contribution is -0.116. The molecule has 27 heavy (non-hydrogen) atoms. The van der Waals surface area contributed by atoms with E-state index < -0.39 is 0 Å². The topological polar surface area (TPSA) is 91.0 Å². The minimum absolute atomic E-state index is 0.175. The first-order valence-electron chi connectivity index (χ1n) is 8.43. The summed E-state index contributed by atoms with van der Waals surface area (Å²) < 4.78 is 7.98. The summed E-state index contributed by atoms with van der Waals surface area (Å²) in [5.41, 5.74) is 2.50. The highest BCUT2D eigenvalue weighted by Crippen LogP contribution is 2.15. The lowest BCUT2D eigenvalue weighted by Gasteiger charge is -2.14. The molecule has 0 fully saturated rings. The second-order valence-electron chi connectivity index (χ2n) is 6.24. The molecule has 0 spiro atoms. The van der Waals surface area contributed by atoms with E-state index in [4.69, 9.17) is 4.74 Å². The molecule has 2 heterocycles. The Balaban J connectivity index is 1.90. The Labute approximate surface area is 156 Å². The lowest BCUT2D eigenvalue weighted by Crippen LogP contribution is -2.31. The Bertz CT molecular complexity index is 1030.